The Labute approximate surface area is 94.1 Å². The Balaban J connectivity index is 2.58. The molecule has 0 aliphatic carbocycles. The number of benzene rings is 1. The Kier molecular flexibility index (Phi) is 2.37. The van der Waals surface area contributed by atoms with Crippen molar-refractivity contribution >= 4 is 17.0 Å². The molecule has 0 unspecified atom stereocenters. The highest BCUT2D eigenvalue weighted by Gasteiger charge is 2.16. The molecule has 0 saturated carbocycles. The van der Waals surface area contributed by atoms with Crippen molar-refractivity contribution in [2.24, 2.45) is 5.41 Å². The SMILES string of the molecule is CC(C)(C)Cn1c(N)nc2ccc(F)cc21. The quantitative estimate of drug-likeness (QED) is 0.804. The molecule has 1 heterocycles. The number of fused-ring (bicyclic) bond motifs is 1. The third-order valence-corrected chi connectivity index (χ3v) is 2.37. The lowest BCUT2D eigenvalue weighted by Crippen LogP contribution is -2.17. The Bertz CT molecular complexity index is 523. The van der Waals surface area contributed by atoms with Crippen LogP contribution in [0.25, 0.3) is 11.0 Å². The first-order valence-electron chi connectivity index (χ1n) is 5.28. The predicted octanol–water partition coefficient (Wildman–Crippen LogP) is 2.80. The number of anilines is 1. The number of aromatic nitrogens is 2. The summed E-state index contributed by atoms with van der Waals surface area (Å²) in [5.74, 6) is 0.179. The van der Waals surface area contributed by atoms with Crippen molar-refractivity contribution in [2.75, 3.05) is 5.73 Å². The van der Waals surface area contributed by atoms with E-state index in [1.165, 1.54) is 12.1 Å². The second-order valence-electron chi connectivity index (χ2n) is 5.25. The van der Waals surface area contributed by atoms with Gasteiger partial charge in [-0.3, -0.25) is 0 Å². The molecule has 0 radical (unpaired) electrons. The van der Waals surface area contributed by atoms with Crippen LogP contribution in [0.2, 0.25) is 0 Å². The summed E-state index contributed by atoms with van der Waals surface area (Å²) in [6.07, 6.45) is 0. The van der Waals surface area contributed by atoms with Crippen molar-refractivity contribution in [1.29, 1.82) is 0 Å². The number of nitrogens with zero attached hydrogens (tertiary/aromatic N) is 2. The summed E-state index contributed by atoms with van der Waals surface area (Å²) >= 11 is 0. The first kappa shape index (κ1) is 10.9. The normalized spacial score (nSPS) is 12.2. The number of hydrogen-bond acceptors (Lipinski definition) is 2. The van der Waals surface area contributed by atoms with Gasteiger partial charge >= 0.3 is 0 Å². The topological polar surface area (TPSA) is 43.8 Å². The summed E-state index contributed by atoms with van der Waals surface area (Å²) in [5.41, 5.74) is 7.41. The molecule has 3 nitrogen and oxygen atoms in total. The van der Waals surface area contributed by atoms with Crippen molar-refractivity contribution in [1.82, 2.24) is 9.55 Å². The van der Waals surface area contributed by atoms with Gasteiger partial charge in [-0.25, -0.2) is 9.37 Å². The standard InChI is InChI=1S/C12H16FN3/c1-12(2,3)7-16-10-6-8(13)4-5-9(10)15-11(16)14/h4-6H,7H2,1-3H3,(H2,14,15). The van der Waals surface area contributed by atoms with Crippen molar-refractivity contribution in [3.8, 4) is 0 Å². The monoisotopic (exact) mass is 221 g/mol. The van der Waals surface area contributed by atoms with Gasteiger partial charge in [-0.15, -0.1) is 0 Å². The number of hydrogen-bond donors (Lipinski definition) is 1. The van der Waals surface area contributed by atoms with Gasteiger partial charge in [0.15, 0.2) is 0 Å². The Morgan fingerprint density at radius 3 is 2.69 bits per heavy atom. The Morgan fingerprint density at radius 1 is 1.38 bits per heavy atom. The van der Waals surface area contributed by atoms with Crippen LogP contribution >= 0.6 is 0 Å². The molecule has 0 spiro atoms. The van der Waals surface area contributed by atoms with Crippen LogP contribution in [0.4, 0.5) is 10.3 Å². The zero-order valence-corrected chi connectivity index (χ0v) is 9.79. The van der Waals surface area contributed by atoms with Crippen LogP contribution in [-0.2, 0) is 6.54 Å². The zero-order valence-electron chi connectivity index (χ0n) is 9.79. The van der Waals surface area contributed by atoms with E-state index < -0.39 is 0 Å². The molecular formula is C12H16FN3. The molecule has 1 aromatic carbocycles. The Hall–Kier alpha value is -1.58. The molecule has 0 aliphatic rings. The van der Waals surface area contributed by atoms with Crippen molar-refractivity contribution < 1.29 is 4.39 Å². The molecule has 86 valence electrons. The number of nitrogens with two attached hydrogens (primary N) is 1. The summed E-state index contributed by atoms with van der Waals surface area (Å²) < 4.78 is 15.0. The van der Waals surface area contributed by atoms with E-state index in [4.69, 9.17) is 5.73 Å². The zero-order chi connectivity index (χ0) is 11.9. The van der Waals surface area contributed by atoms with E-state index in [1.807, 2.05) is 4.57 Å². The van der Waals surface area contributed by atoms with E-state index >= 15 is 0 Å². The molecule has 0 atom stereocenters. The highest BCUT2D eigenvalue weighted by molar-refractivity contribution is 5.78. The van der Waals surface area contributed by atoms with E-state index in [0.717, 1.165) is 17.6 Å². The first-order valence-corrected chi connectivity index (χ1v) is 5.28. The molecular weight excluding hydrogens is 205 g/mol. The van der Waals surface area contributed by atoms with E-state index in [1.54, 1.807) is 6.07 Å². The minimum absolute atomic E-state index is 0.0774. The van der Waals surface area contributed by atoms with Gasteiger partial charge in [-0.1, -0.05) is 20.8 Å². The summed E-state index contributed by atoms with van der Waals surface area (Å²) in [4.78, 5) is 4.21. The molecule has 0 saturated heterocycles. The number of rotatable bonds is 1. The van der Waals surface area contributed by atoms with Gasteiger partial charge in [-0.05, 0) is 23.6 Å². The van der Waals surface area contributed by atoms with E-state index in [9.17, 15) is 4.39 Å². The molecule has 0 fully saturated rings. The summed E-state index contributed by atoms with van der Waals surface area (Å²) in [7, 11) is 0. The maximum absolute atomic E-state index is 13.2. The van der Waals surface area contributed by atoms with Crippen LogP contribution in [-0.4, -0.2) is 9.55 Å². The molecule has 1 aromatic heterocycles. The van der Waals surface area contributed by atoms with Crippen LogP contribution in [0.3, 0.4) is 0 Å². The number of imidazole rings is 1. The summed E-state index contributed by atoms with van der Waals surface area (Å²) in [6, 6.07) is 4.53. The third-order valence-electron chi connectivity index (χ3n) is 2.37. The fourth-order valence-corrected chi connectivity index (χ4v) is 1.76. The van der Waals surface area contributed by atoms with Crippen LogP contribution in [0, 0.1) is 11.2 Å². The van der Waals surface area contributed by atoms with E-state index in [0.29, 0.717) is 5.95 Å². The summed E-state index contributed by atoms with van der Waals surface area (Å²) in [6.45, 7) is 7.05. The van der Waals surface area contributed by atoms with Gasteiger partial charge in [0, 0.05) is 6.54 Å². The lowest BCUT2D eigenvalue weighted by molar-refractivity contribution is 0.351. The van der Waals surface area contributed by atoms with Gasteiger partial charge in [0.05, 0.1) is 11.0 Å². The number of halogens is 1. The Morgan fingerprint density at radius 2 is 2.06 bits per heavy atom. The maximum atomic E-state index is 13.2. The average Bonchev–Trinajstić information content (AvgIpc) is 2.42. The van der Waals surface area contributed by atoms with Crippen LogP contribution in [0.1, 0.15) is 20.8 Å². The predicted molar refractivity (Wildman–Crippen MR) is 63.6 cm³/mol. The number of nitrogen functional groups attached to an aromatic ring is 1. The first-order chi connectivity index (χ1) is 7.37. The molecule has 16 heavy (non-hydrogen) atoms. The van der Waals surface area contributed by atoms with Crippen LogP contribution in [0.15, 0.2) is 18.2 Å². The van der Waals surface area contributed by atoms with Gasteiger partial charge < -0.3 is 10.3 Å². The van der Waals surface area contributed by atoms with E-state index in [-0.39, 0.29) is 11.2 Å². The summed E-state index contributed by atoms with van der Waals surface area (Å²) in [5, 5.41) is 0. The van der Waals surface area contributed by atoms with Gasteiger partial charge in [-0.2, -0.15) is 0 Å². The lowest BCUT2D eigenvalue weighted by atomic mass is 9.97. The minimum atomic E-state index is -0.262. The average molecular weight is 221 g/mol. The smallest absolute Gasteiger partial charge is 0.201 e. The molecule has 2 N–H and O–H groups in total. The molecule has 0 bridgehead atoms. The van der Waals surface area contributed by atoms with Crippen LogP contribution in [0.5, 0.6) is 0 Å². The minimum Gasteiger partial charge on any atom is -0.369 e. The van der Waals surface area contributed by atoms with Crippen LogP contribution < -0.4 is 5.73 Å². The fourth-order valence-electron chi connectivity index (χ4n) is 1.76. The third kappa shape index (κ3) is 2.01. The van der Waals surface area contributed by atoms with Crippen molar-refractivity contribution in [3.05, 3.63) is 24.0 Å². The van der Waals surface area contributed by atoms with Gasteiger partial charge in [0.25, 0.3) is 0 Å². The molecule has 0 amide bonds. The van der Waals surface area contributed by atoms with Crippen molar-refractivity contribution in [3.63, 3.8) is 0 Å². The largest absolute Gasteiger partial charge is 0.369 e. The molecule has 0 aliphatic heterocycles. The lowest BCUT2D eigenvalue weighted by Gasteiger charge is -2.20. The van der Waals surface area contributed by atoms with Gasteiger partial charge in [0.1, 0.15) is 5.82 Å². The maximum Gasteiger partial charge on any atom is 0.201 e. The second kappa shape index (κ2) is 3.47. The highest BCUT2D eigenvalue weighted by Crippen LogP contribution is 2.24. The van der Waals surface area contributed by atoms with Crippen molar-refractivity contribution in [2.45, 2.75) is 27.3 Å². The molecule has 2 aromatic rings. The van der Waals surface area contributed by atoms with Gasteiger partial charge in [0.2, 0.25) is 5.95 Å². The fraction of sp³-hybridized carbons (Fsp3) is 0.417. The van der Waals surface area contributed by atoms with E-state index in [2.05, 4.69) is 25.8 Å². The molecule has 4 heteroatoms. The highest BCUT2D eigenvalue weighted by atomic mass is 19.1. The molecule has 2 rings (SSSR count). The second-order valence-corrected chi connectivity index (χ2v) is 5.25.